The van der Waals surface area contributed by atoms with Crippen molar-refractivity contribution < 1.29 is 53.1 Å². The number of fused-ring (bicyclic) bond motifs is 1. The van der Waals surface area contributed by atoms with Crippen LogP contribution in [-0.2, 0) is 42.9 Å². The first-order valence-corrected chi connectivity index (χ1v) is 11.4. The Morgan fingerprint density at radius 3 is 2.43 bits per heavy atom. The molecule has 11 atom stereocenters. The van der Waals surface area contributed by atoms with Gasteiger partial charge in [0.15, 0.2) is 23.9 Å². The molecule has 2 aliphatic carbocycles. The van der Waals surface area contributed by atoms with E-state index in [9.17, 15) is 29.4 Å². The number of halogens is 1. The fraction of sp³-hybridized carbons (Fsp3) is 0.818. The molecule has 0 amide bonds. The van der Waals surface area contributed by atoms with Crippen molar-refractivity contribution in [3.8, 4) is 0 Å². The summed E-state index contributed by atoms with van der Waals surface area (Å²) in [5.41, 5.74) is -3.14. The monoisotopic (exact) mass is 517 g/mol. The highest BCUT2D eigenvalue weighted by Crippen LogP contribution is 2.85. The third kappa shape index (κ3) is 2.07. The molecule has 13 heteroatoms. The van der Waals surface area contributed by atoms with Crippen LogP contribution in [0.15, 0.2) is 0 Å². The maximum atomic E-state index is 13.7. The van der Waals surface area contributed by atoms with Crippen molar-refractivity contribution in [1.29, 1.82) is 0 Å². The van der Waals surface area contributed by atoms with Gasteiger partial charge in [0.2, 0.25) is 11.9 Å². The largest absolute Gasteiger partial charge is 0.459 e. The van der Waals surface area contributed by atoms with Crippen LogP contribution in [0.5, 0.6) is 0 Å². The highest BCUT2D eigenvalue weighted by atomic mass is 35.5. The number of ether oxygens (including phenoxy) is 5. The zero-order valence-electron chi connectivity index (χ0n) is 19.5. The van der Waals surface area contributed by atoms with Gasteiger partial charge in [0.1, 0.15) is 11.5 Å². The predicted molar refractivity (Wildman–Crippen MR) is 112 cm³/mol. The number of hydrogen-bond acceptors (Lipinski definition) is 12. The van der Waals surface area contributed by atoms with Gasteiger partial charge < -0.3 is 39.6 Å². The summed E-state index contributed by atoms with van der Waals surface area (Å²) in [6.07, 6.45) is -7.11. The second-order valence-corrected chi connectivity index (χ2v) is 11.3. The topological polar surface area (TPSA) is 181 Å². The summed E-state index contributed by atoms with van der Waals surface area (Å²) in [6.45, 7) is 6.53. The van der Waals surface area contributed by atoms with Gasteiger partial charge in [0.05, 0.1) is 17.9 Å². The molecule has 35 heavy (non-hydrogen) atoms. The van der Waals surface area contributed by atoms with Gasteiger partial charge >= 0.3 is 23.9 Å². The minimum atomic E-state index is -2.33. The van der Waals surface area contributed by atoms with Gasteiger partial charge in [-0.2, -0.15) is 0 Å². The van der Waals surface area contributed by atoms with E-state index in [2.05, 4.69) is 0 Å². The summed E-state index contributed by atoms with van der Waals surface area (Å²) in [7, 11) is 0. The van der Waals surface area contributed by atoms with Crippen molar-refractivity contribution in [3.05, 3.63) is 0 Å². The second-order valence-electron chi connectivity index (χ2n) is 11.3. The summed E-state index contributed by atoms with van der Waals surface area (Å²) in [6, 6.07) is 0. The van der Waals surface area contributed by atoms with Crippen molar-refractivity contribution in [2.75, 3.05) is 6.54 Å². The quantitative estimate of drug-likeness (QED) is 0.287. The van der Waals surface area contributed by atoms with Gasteiger partial charge in [-0.05, 0) is 24.7 Å². The molecule has 0 aromatic carbocycles. The van der Waals surface area contributed by atoms with Gasteiger partial charge in [-0.1, -0.05) is 20.8 Å². The zero-order chi connectivity index (χ0) is 24.8. The Morgan fingerprint density at radius 1 is 1.17 bits per heavy atom. The molecule has 6 rings (SSSR count). The van der Waals surface area contributed by atoms with Crippen LogP contribution in [0.4, 0.5) is 0 Å². The molecule has 2 saturated carbocycles. The Hall–Kier alpha value is -1.99. The highest BCUT2D eigenvalue weighted by Gasteiger charge is 3.04. The summed E-state index contributed by atoms with van der Waals surface area (Å²) in [5, 5.41) is 23.6. The van der Waals surface area contributed by atoms with Crippen molar-refractivity contribution >= 4 is 36.3 Å². The maximum Gasteiger partial charge on any atom is 0.343 e. The Bertz CT molecular complexity index is 1060. The molecule has 12 nitrogen and oxygen atoms in total. The Labute approximate surface area is 206 Å². The average Bonchev–Trinajstić information content (AvgIpc) is 3.46. The van der Waals surface area contributed by atoms with Crippen molar-refractivity contribution in [2.24, 2.45) is 33.8 Å². The van der Waals surface area contributed by atoms with E-state index in [1.165, 1.54) is 6.92 Å². The molecule has 194 valence electrons. The van der Waals surface area contributed by atoms with Crippen LogP contribution >= 0.6 is 12.4 Å². The molecule has 4 aliphatic heterocycles. The standard InChI is InChI=1S/C22H27NO11.ClH/c1-7-14(26)32-13-12(31-10(24)6-23)20-9-5-8(18(2,3)4)19(20)11(25)15(27)33-17(19)34-22(20,16(28)30-9)21(7,13)29;/h7-9,11-13,17,25,29H,5-6,23H2,1-4H3;1H/t7-,8+,9?,11+,12+,13?,17?,19?,20?,21-,22?;/m1./s1. The van der Waals surface area contributed by atoms with Crippen LogP contribution in [0.2, 0.25) is 0 Å². The van der Waals surface area contributed by atoms with Crippen molar-refractivity contribution in [2.45, 2.75) is 76.0 Å². The summed E-state index contributed by atoms with van der Waals surface area (Å²) < 4.78 is 28.7. The van der Waals surface area contributed by atoms with Crippen LogP contribution in [0.1, 0.15) is 34.1 Å². The van der Waals surface area contributed by atoms with Crippen LogP contribution in [0.3, 0.4) is 0 Å². The van der Waals surface area contributed by atoms with E-state index in [0.717, 1.165) is 0 Å². The van der Waals surface area contributed by atoms with Crippen LogP contribution in [0.25, 0.3) is 0 Å². The summed E-state index contributed by atoms with van der Waals surface area (Å²) >= 11 is 0. The first kappa shape index (κ1) is 24.7. The highest BCUT2D eigenvalue weighted by molar-refractivity contribution is 5.94. The third-order valence-electron chi connectivity index (χ3n) is 9.39. The molecule has 0 bridgehead atoms. The van der Waals surface area contributed by atoms with E-state index in [1.807, 2.05) is 20.8 Å². The van der Waals surface area contributed by atoms with Gasteiger partial charge in [-0.15, -0.1) is 12.4 Å². The smallest absolute Gasteiger partial charge is 0.343 e. The van der Waals surface area contributed by atoms with E-state index in [1.54, 1.807) is 0 Å². The molecule has 6 aliphatic rings. The fourth-order valence-corrected chi connectivity index (χ4v) is 8.42. The van der Waals surface area contributed by atoms with Gasteiger partial charge in [0, 0.05) is 0 Å². The van der Waals surface area contributed by atoms with Crippen LogP contribution in [-0.4, -0.2) is 82.5 Å². The number of nitrogens with two attached hydrogens (primary N) is 1. The molecule has 0 aromatic rings. The van der Waals surface area contributed by atoms with Gasteiger partial charge in [0.25, 0.3) is 0 Å². The normalized spacial score (nSPS) is 52.7. The lowest BCUT2D eigenvalue weighted by Crippen LogP contribution is -2.67. The number of esters is 4. The maximum absolute atomic E-state index is 13.7. The van der Waals surface area contributed by atoms with E-state index in [4.69, 9.17) is 29.4 Å². The number of carbonyl (C=O) groups is 4. The van der Waals surface area contributed by atoms with Gasteiger partial charge in [-0.25, -0.2) is 9.59 Å². The number of carbonyl (C=O) groups excluding carboxylic acids is 4. The number of aliphatic hydroxyl groups is 2. The molecular weight excluding hydrogens is 490 g/mol. The lowest BCUT2D eigenvalue weighted by atomic mass is 9.51. The Balaban J connectivity index is 0.00000253. The second kappa shape index (κ2) is 6.65. The molecule has 6 unspecified atom stereocenters. The zero-order valence-corrected chi connectivity index (χ0v) is 20.3. The SMILES string of the molecule is C[C@@H]1C(=O)OC2[C@H](OC(=O)CN)C34C5C[C@@H](C(C)(C)C)C36C(OC(=O)[C@@H]6O)OC4(C(=O)O5)[C@]21O.Cl. The molecule has 2 spiro atoms. The van der Waals surface area contributed by atoms with E-state index in [0.29, 0.717) is 0 Å². The number of hydrogen-bond donors (Lipinski definition) is 3. The summed E-state index contributed by atoms with van der Waals surface area (Å²) in [4.78, 5) is 51.6. The van der Waals surface area contributed by atoms with Crippen molar-refractivity contribution in [1.82, 2.24) is 0 Å². The molecular formula is C22H28ClNO11. The molecule has 0 aromatic heterocycles. The molecule has 4 N–H and O–H groups in total. The molecule has 0 radical (unpaired) electrons. The Morgan fingerprint density at radius 2 is 1.83 bits per heavy atom. The van der Waals surface area contributed by atoms with Crippen LogP contribution < -0.4 is 5.73 Å². The number of aliphatic hydroxyl groups excluding tert-OH is 1. The van der Waals surface area contributed by atoms with E-state index in [-0.39, 0.29) is 18.8 Å². The first-order chi connectivity index (χ1) is 15.8. The molecule has 4 saturated heterocycles. The van der Waals surface area contributed by atoms with E-state index >= 15 is 0 Å². The Kier molecular flexibility index (Phi) is 4.70. The van der Waals surface area contributed by atoms with Crippen molar-refractivity contribution in [3.63, 3.8) is 0 Å². The summed E-state index contributed by atoms with van der Waals surface area (Å²) in [5.74, 6) is -5.47. The molecule has 4 heterocycles. The molecule has 6 fully saturated rings. The average molecular weight is 518 g/mol. The first-order valence-electron chi connectivity index (χ1n) is 11.4. The van der Waals surface area contributed by atoms with Crippen LogP contribution in [0, 0.1) is 28.1 Å². The minimum Gasteiger partial charge on any atom is -0.459 e. The number of rotatable bonds is 2. The lowest BCUT2D eigenvalue weighted by Gasteiger charge is -2.48. The fourth-order valence-electron chi connectivity index (χ4n) is 8.42. The predicted octanol–water partition coefficient (Wildman–Crippen LogP) is -1.44. The van der Waals surface area contributed by atoms with Gasteiger partial charge in [-0.3, -0.25) is 9.59 Å². The van der Waals surface area contributed by atoms with E-state index < -0.39 is 100 Å². The minimum absolute atomic E-state index is 0. The lowest BCUT2D eigenvalue weighted by molar-refractivity contribution is -0.240. The third-order valence-corrected chi connectivity index (χ3v) is 9.39.